The molecular weight excluding hydrogens is 325 g/mol. The van der Waals surface area contributed by atoms with Crippen molar-refractivity contribution in [3.63, 3.8) is 0 Å². The monoisotopic (exact) mass is 346 g/mol. The highest BCUT2D eigenvalue weighted by Gasteiger charge is 2.36. The summed E-state index contributed by atoms with van der Waals surface area (Å²) >= 11 is 0. The zero-order valence-electron chi connectivity index (χ0n) is 13.5. The largest absolute Gasteiger partial charge is 0.444 e. The first-order chi connectivity index (χ1) is 11.1. The Morgan fingerprint density at radius 2 is 1.83 bits per heavy atom. The number of rotatable bonds is 7. The van der Waals surface area contributed by atoms with Crippen LogP contribution in [0.15, 0.2) is 24.3 Å². The summed E-state index contributed by atoms with van der Waals surface area (Å²) in [5.41, 5.74) is 6.26. The number of halogens is 3. The zero-order chi connectivity index (χ0) is 18.3. The van der Waals surface area contributed by atoms with Crippen LogP contribution in [-0.2, 0) is 4.74 Å². The molecule has 8 heteroatoms. The van der Waals surface area contributed by atoms with E-state index in [1.807, 2.05) is 6.92 Å². The molecule has 134 valence electrons. The summed E-state index contributed by atoms with van der Waals surface area (Å²) < 4.78 is 42.7. The number of nitrogens with two attached hydrogens (primary N) is 1. The molecule has 0 saturated heterocycles. The van der Waals surface area contributed by atoms with Crippen LogP contribution in [0.25, 0.3) is 0 Å². The fourth-order valence-corrected chi connectivity index (χ4v) is 2.29. The van der Waals surface area contributed by atoms with E-state index >= 15 is 0 Å². The van der Waals surface area contributed by atoms with Gasteiger partial charge < -0.3 is 15.8 Å². The van der Waals surface area contributed by atoms with Crippen LogP contribution in [0.4, 0.5) is 18.0 Å². The van der Waals surface area contributed by atoms with Crippen molar-refractivity contribution >= 4 is 12.0 Å². The smallest absolute Gasteiger partial charge is 0.404 e. The van der Waals surface area contributed by atoms with Gasteiger partial charge in [0.05, 0.1) is 6.54 Å². The van der Waals surface area contributed by atoms with E-state index in [1.165, 1.54) is 0 Å². The maximum Gasteiger partial charge on any atom is 0.404 e. The number of primary amides is 1. The predicted octanol–water partition coefficient (Wildman–Crippen LogP) is 3.17. The molecule has 0 bridgehead atoms. The van der Waals surface area contributed by atoms with E-state index in [0.29, 0.717) is 5.56 Å². The van der Waals surface area contributed by atoms with E-state index in [9.17, 15) is 22.8 Å². The summed E-state index contributed by atoms with van der Waals surface area (Å²) in [5.74, 6) is -1.45. The molecule has 0 spiro atoms. The van der Waals surface area contributed by atoms with Crippen LogP contribution >= 0.6 is 0 Å². The number of ether oxygens (including phenoxy) is 1. The number of hydrogen-bond donors (Lipinski definition) is 2. The third-order valence-electron chi connectivity index (χ3n) is 3.59. The van der Waals surface area contributed by atoms with Crippen LogP contribution in [0.3, 0.4) is 0 Å². The highest BCUT2D eigenvalue weighted by atomic mass is 19.4. The average molecular weight is 346 g/mol. The van der Waals surface area contributed by atoms with E-state index in [0.717, 1.165) is 5.56 Å². The SMILES string of the molecule is CCC(CC(F)(F)F)C(CNC(=O)c1ccc(C)cc1)OC(N)=O. The van der Waals surface area contributed by atoms with E-state index in [1.54, 1.807) is 31.2 Å². The van der Waals surface area contributed by atoms with Gasteiger partial charge >= 0.3 is 12.3 Å². The number of carbonyl (C=O) groups is 2. The fraction of sp³-hybridized carbons (Fsp3) is 0.500. The van der Waals surface area contributed by atoms with Gasteiger partial charge in [-0.25, -0.2) is 4.79 Å². The molecule has 24 heavy (non-hydrogen) atoms. The molecule has 5 nitrogen and oxygen atoms in total. The number of hydrogen-bond acceptors (Lipinski definition) is 3. The minimum atomic E-state index is -4.40. The molecule has 0 aromatic heterocycles. The Balaban J connectivity index is 2.76. The van der Waals surface area contributed by atoms with Crippen LogP contribution in [0, 0.1) is 12.8 Å². The van der Waals surface area contributed by atoms with Crippen molar-refractivity contribution in [3.05, 3.63) is 35.4 Å². The number of carbonyl (C=O) groups excluding carboxylic acids is 2. The molecule has 1 aromatic rings. The van der Waals surface area contributed by atoms with Crippen molar-refractivity contribution in [1.82, 2.24) is 5.32 Å². The molecule has 2 atom stereocenters. The van der Waals surface area contributed by atoms with Crippen molar-refractivity contribution in [1.29, 1.82) is 0 Å². The van der Waals surface area contributed by atoms with Gasteiger partial charge in [-0.1, -0.05) is 24.6 Å². The lowest BCUT2D eigenvalue weighted by Crippen LogP contribution is -2.41. The van der Waals surface area contributed by atoms with E-state index in [-0.39, 0.29) is 13.0 Å². The van der Waals surface area contributed by atoms with Gasteiger partial charge in [-0.15, -0.1) is 0 Å². The molecule has 0 aliphatic heterocycles. The lowest BCUT2D eigenvalue weighted by atomic mass is 9.95. The van der Waals surface area contributed by atoms with Crippen molar-refractivity contribution in [3.8, 4) is 0 Å². The number of amides is 2. The van der Waals surface area contributed by atoms with Crippen molar-refractivity contribution < 1.29 is 27.5 Å². The van der Waals surface area contributed by atoms with Crippen molar-refractivity contribution in [2.45, 2.75) is 39.0 Å². The van der Waals surface area contributed by atoms with Crippen LogP contribution in [0.2, 0.25) is 0 Å². The van der Waals surface area contributed by atoms with Crippen molar-refractivity contribution in [2.24, 2.45) is 11.7 Å². The van der Waals surface area contributed by atoms with Crippen LogP contribution < -0.4 is 11.1 Å². The lowest BCUT2D eigenvalue weighted by molar-refractivity contribution is -0.152. The predicted molar refractivity (Wildman–Crippen MR) is 82.4 cm³/mol. The average Bonchev–Trinajstić information content (AvgIpc) is 2.48. The molecule has 0 fully saturated rings. The molecule has 0 heterocycles. The summed E-state index contributed by atoms with van der Waals surface area (Å²) in [6, 6.07) is 6.68. The van der Waals surface area contributed by atoms with Gasteiger partial charge in [0.2, 0.25) is 0 Å². The number of nitrogens with one attached hydrogen (secondary N) is 1. The zero-order valence-corrected chi connectivity index (χ0v) is 13.5. The Bertz CT molecular complexity index is 559. The summed E-state index contributed by atoms with van der Waals surface area (Å²) in [4.78, 5) is 23.0. The summed E-state index contributed by atoms with van der Waals surface area (Å²) in [5, 5.41) is 2.49. The Kier molecular flexibility index (Phi) is 7.06. The fourth-order valence-electron chi connectivity index (χ4n) is 2.29. The van der Waals surface area contributed by atoms with E-state index in [4.69, 9.17) is 10.5 Å². The third kappa shape index (κ3) is 6.89. The maximum absolute atomic E-state index is 12.6. The molecule has 3 N–H and O–H groups in total. The minimum absolute atomic E-state index is 0.123. The number of benzene rings is 1. The topological polar surface area (TPSA) is 81.4 Å². The van der Waals surface area contributed by atoms with Gasteiger partial charge in [-0.3, -0.25) is 4.79 Å². The Morgan fingerprint density at radius 3 is 2.29 bits per heavy atom. The second-order valence-corrected chi connectivity index (χ2v) is 5.54. The highest BCUT2D eigenvalue weighted by molar-refractivity contribution is 5.94. The van der Waals surface area contributed by atoms with Gasteiger partial charge in [0, 0.05) is 17.9 Å². The van der Waals surface area contributed by atoms with Gasteiger partial charge in [-0.05, 0) is 25.5 Å². The second-order valence-electron chi connectivity index (χ2n) is 5.54. The van der Waals surface area contributed by atoms with Crippen LogP contribution in [-0.4, -0.2) is 30.8 Å². The van der Waals surface area contributed by atoms with Gasteiger partial charge in [-0.2, -0.15) is 13.2 Å². The Labute approximate surface area is 138 Å². The van der Waals surface area contributed by atoms with Crippen molar-refractivity contribution in [2.75, 3.05) is 6.54 Å². The molecule has 2 unspecified atom stereocenters. The molecule has 0 aliphatic rings. The number of aryl methyl sites for hydroxylation is 1. The van der Waals surface area contributed by atoms with Gasteiger partial charge in [0.15, 0.2) is 0 Å². The Hall–Kier alpha value is -2.25. The van der Waals surface area contributed by atoms with Gasteiger partial charge in [0.25, 0.3) is 5.91 Å². The molecule has 1 rings (SSSR count). The van der Waals surface area contributed by atoms with E-state index in [2.05, 4.69) is 5.32 Å². The third-order valence-corrected chi connectivity index (χ3v) is 3.59. The number of alkyl halides is 3. The molecule has 1 aromatic carbocycles. The summed E-state index contributed by atoms with van der Waals surface area (Å²) in [7, 11) is 0. The standard InChI is InChI=1S/C16H21F3N2O3/c1-3-11(8-16(17,18)19)13(24-15(20)23)9-21-14(22)12-6-4-10(2)5-7-12/h4-7,11,13H,3,8-9H2,1-2H3,(H2,20,23)(H,21,22). The Morgan fingerprint density at radius 1 is 1.25 bits per heavy atom. The molecular formula is C16H21F3N2O3. The first-order valence-corrected chi connectivity index (χ1v) is 7.50. The minimum Gasteiger partial charge on any atom is -0.444 e. The van der Waals surface area contributed by atoms with Gasteiger partial charge in [0.1, 0.15) is 6.10 Å². The highest BCUT2D eigenvalue weighted by Crippen LogP contribution is 2.29. The molecule has 0 saturated carbocycles. The normalized spacial score (nSPS) is 13.9. The second kappa shape index (κ2) is 8.56. The van der Waals surface area contributed by atoms with Crippen LogP contribution in [0.5, 0.6) is 0 Å². The molecule has 0 radical (unpaired) electrons. The first kappa shape index (κ1) is 19.8. The van der Waals surface area contributed by atoms with Crippen LogP contribution in [0.1, 0.15) is 35.7 Å². The summed E-state index contributed by atoms with van der Waals surface area (Å²) in [6.07, 6.45) is -7.73. The lowest BCUT2D eigenvalue weighted by Gasteiger charge is -2.26. The molecule has 2 amide bonds. The first-order valence-electron chi connectivity index (χ1n) is 7.50. The molecule has 0 aliphatic carbocycles. The quantitative estimate of drug-likeness (QED) is 0.796. The maximum atomic E-state index is 12.6. The van der Waals surface area contributed by atoms with E-state index < -0.39 is 36.6 Å². The summed E-state index contributed by atoms with van der Waals surface area (Å²) in [6.45, 7) is 3.17.